The smallest absolute Gasteiger partial charge is 0.316 e. The Bertz CT molecular complexity index is 566. The summed E-state index contributed by atoms with van der Waals surface area (Å²) in [6.07, 6.45) is 0.275. The van der Waals surface area contributed by atoms with Gasteiger partial charge in [0.05, 0.1) is 19.6 Å². The molecule has 19 heavy (non-hydrogen) atoms. The van der Waals surface area contributed by atoms with Crippen LogP contribution in [0.3, 0.4) is 0 Å². The number of nitrogens with two attached hydrogens (primary N) is 1. The Balaban J connectivity index is 1.90. The summed E-state index contributed by atoms with van der Waals surface area (Å²) in [4.78, 5) is 24.9. The van der Waals surface area contributed by atoms with Gasteiger partial charge in [-0.15, -0.1) is 0 Å². The molecule has 0 atom stereocenters. The maximum absolute atomic E-state index is 12.0. The number of nitrogen functional groups attached to an aromatic ring is 1. The number of benzene rings is 1. The highest BCUT2D eigenvalue weighted by Crippen LogP contribution is 2.36. The Hall–Kier alpha value is -2.08. The number of ether oxygens (including phenoxy) is 1. The fourth-order valence-corrected chi connectivity index (χ4v) is 2.51. The third-order valence-electron chi connectivity index (χ3n) is 3.71. The number of carboxylic acid groups (broad SMARTS) is 1. The maximum Gasteiger partial charge on any atom is 0.316 e. The van der Waals surface area contributed by atoms with Gasteiger partial charge in [0.2, 0.25) is 5.91 Å². The largest absolute Gasteiger partial charge is 0.481 e. The van der Waals surface area contributed by atoms with Crippen molar-refractivity contribution in [1.82, 2.24) is 0 Å². The molecular formula is C13H14N2O4. The molecule has 1 saturated heterocycles. The monoisotopic (exact) mass is 262 g/mol. The molecule has 1 amide bonds. The van der Waals surface area contributed by atoms with E-state index in [9.17, 15) is 14.7 Å². The normalized spacial score (nSPS) is 20.0. The predicted molar refractivity (Wildman–Crippen MR) is 67.8 cm³/mol. The lowest BCUT2D eigenvalue weighted by Gasteiger charge is -2.40. The van der Waals surface area contributed by atoms with Crippen molar-refractivity contribution in [2.75, 3.05) is 30.4 Å². The Morgan fingerprint density at radius 3 is 2.79 bits per heavy atom. The molecule has 1 fully saturated rings. The molecule has 3 rings (SSSR count). The van der Waals surface area contributed by atoms with Gasteiger partial charge in [0.15, 0.2) is 0 Å². The van der Waals surface area contributed by atoms with Crippen LogP contribution in [0.1, 0.15) is 5.56 Å². The van der Waals surface area contributed by atoms with Crippen molar-refractivity contribution in [3.05, 3.63) is 23.8 Å². The Kier molecular flexibility index (Phi) is 2.50. The molecule has 0 saturated carbocycles. The van der Waals surface area contributed by atoms with Crippen LogP contribution in [0.5, 0.6) is 0 Å². The number of hydrogen-bond acceptors (Lipinski definition) is 4. The second-order valence-electron chi connectivity index (χ2n) is 5.12. The summed E-state index contributed by atoms with van der Waals surface area (Å²) in [6.45, 7) is 0.449. The van der Waals surface area contributed by atoms with E-state index < -0.39 is 11.4 Å². The van der Waals surface area contributed by atoms with Crippen LogP contribution in [-0.2, 0) is 20.7 Å². The van der Waals surface area contributed by atoms with Gasteiger partial charge in [-0.05, 0) is 23.8 Å². The molecule has 0 unspecified atom stereocenters. The summed E-state index contributed by atoms with van der Waals surface area (Å²) in [5.41, 5.74) is 6.93. The molecule has 0 aliphatic carbocycles. The Morgan fingerprint density at radius 1 is 1.47 bits per heavy atom. The second kappa shape index (κ2) is 3.96. The lowest BCUT2D eigenvalue weighted by Crippen LogP contribution is -2.56. The highest BCUT2D eigenvalue weighted by molar-refractivity contribution is 6.02. The molecule has 0 aromatic heterocycles. The first-order valence-corrected chi connectivity index (χ1v) is 6.02. The van der Waals surface area contributed by atoms with Crippen molar-refractivity contribution in [2.45, 2.75) is 6.42 Å². The van der Waals surface area contributed by atoms with Gasteiger partial charge < -0.3 is 20.5 Å². The van der Waals surface area contributed by atoms with Crippen LogP contribution >= 0.6 is 0 Å². The van der Waals surface area contributed by atoms with E-state index in [-0.39, 0.29) is 32.1 Å². The molecule has 6 nitrogen and oxygen atoms in total. The summed E-state index contributed by atoms with van der Waals surface area (Å²) < 4.78 is 5.01. The van der Waals surface area contributed by atoms with Crippen molar-refractivity contribution < 1.29 is 19.4 Å². The molecule has 0 spiro atoms. The number of fused-ring (bicyclic) bond motifs is 1. The molecule has 2 aliphatic rings. The standard InChI is InChI=1S/C13H14N2O4/c14-9-1-2-10-8(3-9)4-11(16)15(10)5-13(12(17)18)6-19-7-13/h1-3H,4-7,14H2,(H,17,18). The Morgan fingerprint density at radius 2 is 2.21 bits per heavy atom. The summed E-state index contributed by atoms with van der Waals surface area (Å²) in [7, 11) is 0. The number of nitrogens with zero attached hydrogens (tertiary/aromatic N) is 1. The molecular weight excluding hydrogens is 248 g/mol. The summed E-state index contributed by atoms with van der Waals surface area (Å²) in [5.74, 6) is -1.01. The zero-order valence-electron chi connectivity index (χ0n) is 10.3. The zero-order chi connectivity index (χ0) is 13.6. The van der Waals surface area contributed by atoms with Crippen LogP contribution in [0.25, 0.3) is 0 Å². The molecule has 1 aromatic carbocycles. The first-order valence-electron chi connectivity index (χ1n) is 6.02. The minimum absolute atomic E-state index is 0.0897. The molecule has 2 heterocycles. The number of carboxylic acids is 1. The highest BCUT2D eigenvalue weighted by atomic mass is 16.5. The van der Waals surface area contributed by atoms with Crippen molar-refractivity contribution in [1.29, 1.82) is 0 Å². The second-order valence-corrected chi connectivity index (χ2v) is 5.12. The highest BCUT2D eigenvalue weighted by Gasteiger charge is 2.49. The van der Waals surface area contributed by atoms with E-state index in [2.05, 4.69) is 0 Å². The minimum Gasteiger partial charge on any atom is -0.481 e. The Labute approximate surface area is 109 Å². The summed E-state index contributed by atoms with van der Waals surface area (Å²) >= 11 is 0. The number of anilines is 2. The zero-order valence-corrected chi connectivity index (χ0v) is 10.3. The number of carbonyl (C=O) groups is 2. The van der Waals surface area contributed by atoms with Crippen LogP contribution in [0, 0.1) is 5.41 Å². The van der Waals surface area contributed by atoms with E-state index in [1.165, 1.54) is 4.90 Å². The first-order chi connectivity index (χ1) is 9.02. The van der Waals surface area contributed by atoms with Crippen LogP contribution in [0.2, 0.25) is 0 Å². The SMILES string of the molecule is Nc1ccc2c(c1)CC(=O)N2CC1(C(=O)O)COC1. The van der Waals surface area contributed by atoms with E-state index in [4.69, 9.17) is 10.5 Å². The molecule has 0 bridgehead atoms. The average Bonchev–Trinajstić information content (AvgIpc) is 2.58. The fraction of sp³-hybridized carbons (Fsp3) is 0.385. The molecule has 3 N–H and O–H groups in total. The number of hydrogen-bond donors (Lipinski definition) is 2. The van der Waals surface area contributed by atoms with Crippen LogP contribution in [0.15, 0.2) is 18.2 Å². The third-order valence-corrected chi connectivity index (χ3v) is 3.71. The molecule has 100 valence electrons. The molecule has 1 aromatic rings. The van der Waals surface area contributed by atoms with E-state index in [1.807, 2.05) is 0 Å². The first kappa shape index (κ1) is 12.0. The van der Waals surface area contributed by atoms with Gasteiger partial charge in [-0.1, -0.05) is 0 Å². The quantitative estimate of drug-likeness (QED) is 0.762. The lowest BCUT2D eigenvalue weighted by atomic mass is 9.85. The molecule has 2 aliphatic heterocycles. The van der Waals surface area contributed by atoms with Crippen LogP contribution in [0.4, 0.5) is 11.4 Å². The van der Waals surface area contributed by atoms with Crippen LogP contribution in [-0.4, -0.2) is 36.7 Å². The number of aliphatic carboxylic acids is 1. The van der Waals surface area contributed by atoms with Crippen molar-refractivity contribution >= 4 is 23.3 Å². The third kappa shape index (κ3) is 1.76. The lowest BCUT2D eigenvalue weighted by molar-refractivity contribution is -0.177. The number of amides is 1. The summed E-state index contributed by atoms with van der Waals surface area (Å²) in [5, 5.41) is 9.28. The van der Waals surface area contributed by atoms with Gasteiger partial charge in [0, 0.05) is 17.9 Å². The fourth-order valence-electron chi connectivity index (χ4n) is 2.51. The van der Waals surface area contributed by atoms with Crippen LogP contribution < -0.4 is 10.6 Å². The van der Waals surface area contributed by atoms with Crippen molar-refractivity contribution in [3.63, 3.8) is 0 Å². The van der Waals surface area contributed by atoms with Crippen molar-refractivity contribution in [2.24, 2.45) is 5.41 Å². The minimum atomic E-state index is -0.974. The van der Waals surface area contributed by atoms with Gasteiger partial charge >= 0.3 is 5.97 Å². The predicted octanol–water partition coefficient (Wildman–Crippen LogP) is 0.259. The topological polar surface area (TPSA) is 92.9 Å². The van der Waals surface area contributed by atoms with Gasteiger partial charge in [-0.3, -0.25) is 9.59 Å². The number of rotatable bonds is 3. The van der Waals surface area contributed by atoms with Gasteiger partial charge in [0.1, 0.15) is 5.41 Å². The summed E-state index contributed by atoms with van der Waals surface area (Å²) in [6, 6.07) is 5.25. The molecule has 0 radical (unpaired) electrons. The van der Waals surface area contributed by atoms with Crippen molar-refractivity contribution in [3.8, 4) is 0 Å². The van der Waals surface area contributed by atoms with E-state index in [1.54, 1.807) is 18.2 Å². The van der Waals surface area contributed by atoms with E-state index in [0.717, 1.165) is 11.3 Å². The average molecular weight is 262 g/mol. The van der Waals surface area contributed by atoms with Gasteiger partial charge in [-0.2, -0.15) is 0 Å². The maximum atomic E-state index is 12.0. The van der Waals surface area contributed by atoms with E-state index >= 15 is 0 Å². The van der Waals surface area contributed by atoms with E-state index in [0.29, 0.717) is 5.69 Å². The van der Waals surface area contributed by atoms with Gasteiger partial charge in [-0.25, -0.2) is 0 Å². The number of carbonyl (C=O) groups excluding carboxylic acids is 1. The molecule has 6 heteroatoms. The van der Waals surface area contributed by atoms with Gasteiger partial charge in [0.25, 0.3) is 0 Å².